The van der Waals surface area contributed by atoms with E-state index in [0.29, 0.717) is 28.3 Å². The van der Waals surface area contributed by atoms with Crippen molar-refractivity contribution in [3.63, 3.8) is 0 Å². The average Bonchev–Trinajstić information content (AvgIpc) is 2.76. The predicted octanol–water partition coefficient (Wildman–Crippen LogP) is 1.82. The van der Waals surface area contributed by atoms with Gasteiger partial charge in [0.15, 0.2) is 18.1 Å². The Morgan fingerprint density at radius 3 is 2.47 bits per heavy atom. The number of nitrogens with two attached hydrogens (primary N) is 1. The van der Waals surface area contributed by atoms with Crippen LogP contribution in [0.5, 0.6) is 11.5 Å². The first kappa shape index (κ1) is 24.6. The summed E-state index contributed by atoms with van der Waals surface area (Å²) < 4.78 is 36.7. The Morgan fingerprint density at radius 2 is 1.84 bits per heavy atom. The molecule has 0 aliphatic heterocycles. The Labute approximate surface area is 187 Å². The first-order valence-corrected chi connectivity index (χ1v) is 11.1. The molecule has 0 aliphatic rings. The van der Waals surface area contributed by atoms with Gasteiger partial charge in [-0.2, -0.15) is 0 Å². The van der Waals surface area contributed by atoms with E-state index in [1.54, 1.807) is 48.5 Å². The van der Waals surface area contributed by atoms with Crippen LogP contribution in [-0.2, 0) is 25.4 Å². The molecule has 0 aliphatic carbocycles. The molecule has 0 unspecified atom stereocenters. The summed E-state index contributed by atoms with van der Waals surface area (Å²) >= 11 is 0. The number of amides is 2. The molecule has 170 valence electrons. The highest BCUT2D eigenvalue weighted by Crippen LogP contribution is 2.28. The van der Waals surface area contributed by atoms with Crippen LogP contribution in [-0.4, -0.2) is 40.5 Å². The third kappa shape index (κ3) is 8.25. The molecule has 4 N–H and O–H groups in total. The van der Waals surface area contributed by atoms with Crippen LogP contribution < -0.4 is 25.2 Å². The molecule has 32 heavy (non-hydrogen) atoms. The van der Waals surface area contributed by atoms with Crippen molar-refractivity contribution in [3.8, 4) is 11.5 Å². The molecular formula is C22H25N3O6S. The van der Waals surface area contributed by atoms with Gasteiger partial charge in [-0.05, 0) is 41.5 Å². The Bertz CT molecular complexity index is 1100. The number of benzene rings is 2. The van der Waals surface area contributed by atoms with E-state index in [0.717, 1.165) is 0 Å². The molecule has 10 heteroatoms. The van der Waals surface area contributed by atoms with Gasteiger partial charge < -0.3 is 20.5 Å². The van der Waals surface area contributed by atoms with Crippen molar-refractivity contribution in [2.24, 2.45) is 5.73 Å². The summed E-state index contributed by atoms with van der Waals surface area (Å²) in [5.41, 5.74) is 6.85. The maximum Gasteiger partial charge on any atom is 0.255 e. The minimum atomic E-state index is -3.45. The molecule has 0 fully saturated rings. The smallest absolute Gasteiger partial charge is 0.255 e. The third-order valence-electron chi connectivity index (χ3n) is 4.01. The Hall–Kier alpha value is -3.63. The number of carbonyl (C=O) groups excluding carboxylic acids is 2. The molecule has 0 aromatic heterocycles. The van der Waals surface area contributed by atoms with Crippen molar-refractivity contribution in [3.05, 3.63) is 72.3 Å². The van der Waals surface area contributed by atoms with E-state index in [4.69, 9.17) is 15.2 Å². The van der Waals surface area contributed by atoms with Crippen molar-refractivity contribution >= 4 is 33.6 Å². The van der Waals surface area contributed by atoms with Gasteiger partial charge in [0.25, 0.3) is 5.91 Å². The van der Waals surface area contributed by atoms with Gasteiger partial charge in [0.1, 0.15) is 0 Å². The average molecular weight is 460 g/mol. The van der Waals surface area contributed by atoms with E-state index in [-0.39, 0.29) is 24.8 Å². The number of sulfonamides is 1. The fraction of sp³-hybridized carbons (Fsp3) is 0.182. The zero-order valence-corrected chi connectivity index (χ0v) is 18.4. The largest absolute Gasteiger partial charge is 0.493 e. The summed E-state index contributed by atoms with van der Waals surface area (Å²) in [7, 11) is -2.00. The number of anilines is 1. The Kier molecular flexibility index (Phi) is 8.99. The molecule has 0 saturated carbocycles. The maximum absolute atomic E-state index is 12.2. The number of hydrogen-bond acceptors (Lipinski definition) is 6. The van der Waals surface area contributed by atoms with E-state index in [1.807, 2.05) is 0 Å². The lowest BCUT2D eigenvalue weighted by Crippen LogP contribution is -2.25. The quantitative estimate of drug-likeness (QED) is 0.327. The lowest BCUT2D eigenvalue weighted by atomic mass is 10.2. The monoisotopic (exact) mass is 459 g/mol. The molecule has 2 aromatic carbocycles. The number of rotatable bonds is 12. The topological polar surface area (TPSA) is 137 Å². The minimum Gasteiger partial charge on any atom is -0.493 e. The number of hydrogen-bond donors (Lipinski definition) is 3. The van der Waals surface area contributed by atoms with E-state index >= 15 is 0 Å². The molecular weight excluding hydrogens is 434 g/mol. The van der Waals surface area contributed by atoms with Crippen LogP contribution in [0, 0.1) is 0 Å². The highest BCUT2D eigenvalue weighted by molar-refractivity contribution is 7.88. The fourth-order valence-corrected chi connectivity index (χ4v) is 3.66. The number of nitrogens with one attached hydrogen (secondary N) is 2. The second kappa shape index (κ2) is 11.7. The van der Waals surface area contributed by atoms with Crippen molar-refractivity contribution in [2.75, 3.05) is 25.6 Å². The number of primary amides is 1. The van der Waals surface area contributed by atoms with Gasteiger partial charge in [-0.1, -0.05) is 24.3 Å². The van der Waals surface area contributed by atoms with Crippen LogP contribution in [0.2, 0.25) is 0 Å². The van der Waals surface area contributed by atoms with E-state index < -0.39 is 15.9 Å². The van der Waals surface area contributed by atoms with Gasteiger partial charge in [0.05, 0.1) is 12.9 Å². The summed E-state index contributed by atoms with van der Waals surface area (Å²) in [6.45, 7) is 3.36. The van der Waals surface area contributed by atoms with Gasteiger partial charge in [-0.25, -0.2) is 13.1 Å². The van der Waals surface area contributed by atoms with Crippen LogP contribution in [0.15, 0.2) is 61.2 Å². The highest BCUT2D eigenvalue weighted by atomic mass is 32.2. The first-order valence-electron chi connectivity index (χ1n) is 9.48. The van der Waals surface area contributed by atoms with Crippen LogP contribution in [0.25, 0.3) is 6.08 Å². The van der Waals surface area contributed by atoms with Crippen molar-refractivity contribution in [1.82, 2.24) is 4.72 Å². The van der Waals surface area contributed by atoms with Gasteiger partial charge in [0, 0.05) is 18.3 Å². The maximum atomic E-state index is 12.2. The number of methoxy groups -OCH3 is 1. The van der Waals surface area contributed by atoms with Gasteiger partial charge in [0.2, 0.25) is 15.9 Å². The molecule has 9 nitrogen and oxygen atoms in total. The number of carbonyl (C=O) groups is 2. The van der Waals surface area contributed by atoms with E-state index in [2.05, 4.69) is 16.6 Å². The van der Waals surface area contributed by atoms with E-state index in [9.17, 15) is 18.0 Å². The fourth-order valence-electron chi connectivity index (χ4n) is 2.55. The van der Waals surface area contributed by atoms with Crippen LogP contribution >= 0.6 is 0 Å². The SMILES string of the molecule is C=CCNS(=O)(=O)Cc1ccc(NC(=O)/C=C/c2ccc(OCC(N)=O)c(OC)c2)cc1. The van der Waals surface area contributed by atoms with Crippen LogP contribution in [0.1, 0.15) is 11.1 Å². The zero-order valence-electron chi connectivity index (χ0n) is 17.5. The number of ether oxygens (including phenoxy) is 2. The first-order chi connectivity index (χ1) is 15.2. The molecule has 0 atom stereocenters. The summed E-state index contributed by atoms with van der Waals surface area (Å²) in [6, 6.07) is 11.4. The highest BCUT2D eigenvalue weighted by Gasteiger charge is 2.10. The summed E-state index contributed by atoms with van der Waals surface area (Å²) in [5, 5.41) is 2.70. The summed E-state index contributed by atoms with van der Waals surface area (Å²) in [6.07, 6.45) is 4.39. The second-order valence-corrected chi connectivity index (χ2v) is 8.39. The summed E-state index contributed by atoms with van der Waals surface area (Å²) in [5.74, 6) is -0.398. The molecule has 0 saturated heterocycles. The molecule has 2 aromatic rings. The van der Waals surface area contributed by atoms with Crippen molar-refractivity contribution in [2.45, 2.75) is 5.75 Å². The van der Waals surface area contributed by atoms with Gasteiger partial charge in [-0.3, -0.25) is 9.59 Å². The van der Waals surface area contributed by atoms with Crippen LogP contribution in [0.3, 0.4) is 0 Å². The zero-order chi connectivity index (χ0) is 23.6. The second-order valence-electron chi connectivity index (χ2n) is 6.58. The van der Waals surface area contributed by atoms with E-state index in [1.165, 1.54) is 19.3 Å². The lowest BCUT2D eigenvalue weighted by Gasteiger charge is -2.10. The molecule has 0 spiro atoms. The third-order valence-corrected chi connectivity index (χ3v) is 5.33. The normalized spacial score (nSPS) is 11.2. The molecule has 0 heterocycles. The molecule has 0 radical (unpaired) electrons. The predicted molar refractivity (Wildman–Crippen MR) is 123 cm³/mol. The van der Waals surface area contributed by atoms with Crippen molar-refractivity contribution < 1.29 is 27.5 Å². The molecule has 0 bridgehead atoms. The van der Waals surface area contributed by atoms with Gasteiger partial charge >= 0.3 is 0 Å². The van der Waals surface area contributed by atoms with Crippen molar-refractivity contribution in [1.29, 1.82) is 0 Å². The van der Waals surface area contributed by atoms with Crippen LogP contribution in [0.4, 0.5) is 5.69 Å². The van der Waals surface area contributed by atoms with Gasteiger partial charge in [-0.15, -0.1) is 6.58 Å². The Morgan fingerprint density at radius 1 is 1.12 bits per heavy atom. The summed E-state index contributed by atoms with van der Waals surface area (Å²) in [4.78, 5) is 23.0. The lowest BCUT2D eigenvalue weighted by molar-refractivity contribution is -0.120. The molecule has 2 rings (SSSR count). The standard InChI is InChI=1S/C22H25N3O6S/c1-3-12-24-32(28,29)15-17-4-8-18(9-5-17)25-22(27)11-7-16-6-10-19(20(13-16)30-2)31-14-21(23)26/h3-11,13,24H,1,12,14-15H2,2H3,(H2,23,26)(H,25,27)/b11-7+. The molecule has 2 amide bonds. The minimum absolute atomic E-state index is 0.164. The Balaban J connectivity index is 1.97.